The van der Waals surface area contributed by atoms with Gasteiger partial charge >= 0.3 is 0 Å². The molecule has 9 aromatic heterocycles. The molecular weight excluding hydrogens is 1540 g/mol. The number of fused-ring (bicyclic) bond motifs is 20. The van der Waals surface area contributed by atoms with Crippen molar-refractivity contribution in [3.63, 3.8) is 0 Å². The first-order chi connectivity index (χ1) is 61.4. The Bertz CT molecular complexity index is 8480. The van der Waals surface area contributed by atoms with Gasteiger partial charge in [0.15, 0.2) is 17.5 Å². The quantitative estimate of drug-likeness (QED) is 0.136. The van der Waals surface area contributed by atoms with Crippen LogP contribution in [-0.4, -0.2) is 48.6 Å². The molecule has 0 radical (unpaired) electrons. The van der Waals surface area contributed by atoms with Crippen molar-refractivity contribution in [2.24, 2.45) is 0 Å². The number of hydrogen-bond acceptors (Lipinski definition) is 11. The van der Waals surface area contributed by atoms with Crippen LogP contribution < -0.4 is 0 Å². The van der Waals surface area contributed by atoms with Gasteiger partial charge in [-0.05, 0) is 115 Å². The normalized spacial score (nSPS) is 11.7. The van der Waals surface area contributed by atoms with Gasteiger partial charge in [0, 0.05) is 124 Å². The highest BCUT2D eigenvalue weighted by atomic mass is 32.1. The van der Waals surface area contributed by atoms with Crippen LogP contribution in [0.3, 0.4) is 0 Å². The van der Waals surface area contributed by atoms with E-state index in [0.717, 1.165) is 176 Å². The number of hydrogen-bond donors (Lipinski definition) is 0. The lowest BCUT2D eigenvalue weighted by molar-refractivity contribution is 0.669. The number of benzene rings is 17. The second-order valence-electron chi connectivity index (χ2n) is 30.9. The van der Waals surface area contributed by atoms with Gasteiger partial charge < -0.3 is 13.4 Å². The summed E-state index contributed by atoms with van der Waals surface area (Å²) in [7, 11) is 0. The predicted molar refractivity (Wildman–Crippen MR) is 507 cm³/mol. The minimum atomic E-state index is 0.586. The summed E-state index contributed by atoms with van der Waals surface area (Å²) in [4.78, 5) is 35.4. The van der Waals surface area contributed by atoms with Crippen molar-refractivity contribution in [3.05, 3.63) is 400 Å². The molecule has 26 rings (SSSR count). The zero-order valence-corrected chi connectivity index (χ0v) is 67.0. The molecule has 17 aromatic carbocycles. The molecule has 0 saturated heterocycles. The highest BCUT2D eigenvalue weighted by molar-refractivity contribution is 7.25. The minimum absolute atomic E-state index is 0.586. The average Bonchev–Trinajstić information content (AvgIpc) is 1.57. The van der Waals surface area contributed by atoms with Gasteiger partial charge in [-0.15, -0.1) is 11.3 Å². The van der Waals surface area contributed by atoms with E-state index in [-0.39, 0.29) is 0 Å². The first-order valence-corrected chi connectivity index (χ1v) is 41.9. The predicted octanol–water partition coefficient (Wildman–Crippen LogP) is 28.5. The van der Waals surface area contributed by atoms with Crippen LogP contribution in [0, 0.1) is 11.3 Å². The molecule has 13 nitrogen and oxygen atoms in total. The van der Waals surface area contributed by atoms with E-state index in [1.165, 1.54) is 30.9 Å². The number of furan rings is 2. The van der Waals surface area contributed by atoms with Gasteiger partial charge in [0.05, 0.1) is 67.2 Å². The third-order valence-electron chi connectivity index (χ3n) is 23.7. The van der Waals surface area contributed by atoms with E-state index in [9.17, 15) is 5.26 Å². The first kappa shape index (κ1) is 71.3. The Morgan fingerprint density at radius 1 is 0.242 bits per heavy atom. The maximum Gasteiger partial charge on any atom is 0.235 e. The van der Waals surface area contributed by atoms with E-state index in [4.69, 9.17) is 43.7 Å². The van der Waals surface area contributed by atoms with Gasteiger partial charge in [0.1, 0.15) is 22.3 Å². The lowest BCUT2D eigenvalue weighted by Crippen LogP contribution is -2.03. The molecule has 0 saturated carbocycles. The van der Waals surface area contributed by atoms with Crippen molar-refractivity contribution >= 4 is 163 Å². The van der Waals surface area contributed by atoms with Crippen molar-refractivity contribution in [1.82, 2.24) is 48.6 Å². The van der Waals surface area contributed by atoms with Gasteiger partial charge in [-0.25, -0.2) is 34.9 Å². The Morgan fingerprint density at radius 3 is 1.29 bits per heavy atom. The molecule has 0 fully saturated rings. The molecular formula is C110H65N11O2S. The fourth-order valence-electron chi connectivity index (χ4n) is 18.0. The molecule has 124 heavy (non-hydrogen) atoms. The Labute approximate surface area is 711 Å². The Morgan fingerprint density at radius 2 is 0.685 bits per heavy atom. The molecule has 0 atom stereocenters. The average molecular weight is 1600 g/mol. The smallest absolute Gasteiger partial charge is 0.235 e. The number of para-hydroxylation sites is 7. The maximum atomic E-state index is 9.90. The summed E-state index contributed by atoms with van der Waals surface area (Å²) >= 11 is 1.85. The third-order valence-corrected chi connectivity index (χ3v) is 24.8. The third kappa shape index (κ3) is 12.0. The standard InChI is InChI=1S/C46H27N5O.C32H19N3O.C32H19N3S/c47-28-29-21-23-40-38(25-29)39-27-32(35-18-10-19-37-36-17-7-8-20-42(36)52-43(35)37)22-24-41(39)51(40)34-16-9-15-33(26-34)46-49-44(30-11-3-1-4-12-30)48-45(50-46)31-13-5-2-6-14-31;2*1-2-10-20(11-3-1)31-23-14-4-7-15-26(23)33-32(34-31)35-27-16-8-5-12-21(27)24-19-30-25(18-28(24)35)22-13-6-9-17-29(22)36-30/h1-27H;2*1-19H. The summed E-state index contributed by atoms with van der Waals surface area (Å²) in [5.41, 5.74) is 22.1. The molecule has 0 aliphatic heterocycles. The molecule has 0 spiro atoms. The van der Waals surface area contributed by atoms with Crippen molar-refractivity contribution in [1.29, 1.82) is 5.26 Å². The Hall–Kier alpha value is -16.9. The summed E-state index contributed by atoms with van der Waals surface area (Å²) < 4.78 is 21.9. The van der Waals surface area contributed by atoms with Crippen molar-refractivity contribution < 1.29 is 8.83 Å². The van der Waals surface area contributed by atoms with Crippen LogP contribution in [0.2, 0.25) is 0 Å². The largest absolute Gasteiger partial charge is 0.456 e. The van der Waals surface area contributed by atoms with Crippen LogP contribution in [0.1, 0.15) is 5.56 Å². The zero-order chi connectivity index (χ0) is 81.9. The second-order valence-corrected chi connectivity index (χ2v) is 32.0. The lowest BCUT2D eigenvalue weighted by Gasteiger charge is -2.12. The number of thiophene rings is 1. The van der Waals surface area contributed by atoms with E-state index >= 15 is 0 Å². The summed E-state index contributed by atoms with van der Waals surface area (Å²) in [6, 6.07) is 138. The molecule has 0 bridgehead atoms. The van der Waals surface area contributed by atoms with Crippen molar-refractivity contribution in [2.75, 3.05) is 0 Å². The van der Waals surface area contributed by atoms with Crippen LogP contribution in [0.5, 0.6) is 0 Å². The van der Waals surface area contributed by atoms with Crippen LogP contribution >= 0.6 is 11.3 Å². The molecule has 14 heteroatoms. The fourth-order valence-corrected chi connectivity index (χ4v) is 19.1. The molecule has 0 aliphatic rings. The van der Waals surface area contributed by atoms with Crippen molar-refractivity contribution in [3.8, 4) is 91.5 Å². The zero-order valence-electron chi connectivity index (χ0n) is 66.2. The molecule has 0 amide bonds. The maximum absolute atomic E-state index is 9.90. The molecule has 0 aliphatic carbocycles. The lowest BCUT2D eigenvalue weighted by atomic mass is 10.00. The SMILES string of the molecule is N#Cc1ccc2c(c1)c1cc(-c3cccc4c3oc3ccccc34)ccc1n2-c1cccc(-c2nc(-c3ccccc3)nc(-c3ccccc3)n2)c1.c1ccc(-c2nc(-n3c4ccccc4c4cc5oc6ccccc6c5cc43)nc3ccccc23)cc1.c1ccc(-c2nc(-n3c4ccccc4c4cc5sc6ccccc6c5cc43)nc3ccccc23)cc1. The molecule has 578 valence electrons. The van der Waals surface area contributed by atoms with E-state index in [1.54, 1.807) is 0 Å². The highest BCUT2D eigenvalue weighted by Gasteiger charge is 2.25. The van der Waals surface area contributed by atoms with Crippen LogP contribution in [0.4, 0.5) is 0 Å². The van der Waals surface area contributed by atoms with E-state index in [0.29, 0.717) is 34.9 Å². The topological polar surface area (TPSA) is 155 Å². The monoisotopic (exact) mass is 1600 g/mol. The number of rotatable bonds is 9. The first-order valence-electron chi connectivity index (χ1n) is 41.1. The van der Waals surface area contributed by atoms with Gasteiger partial charge in [-0.1, -0.05) is 285 Å². The molecule has 0 N–H and O–H groups in total. The van der Waals surface area contributed by atoms with Crippen LogP contribution in [0.25, 0.3) is 237 Å². The Kier molecular flexibility index (Phi) is 16.8. The number of aromatic nitrogens is 10. The summed E-state index contributed by atoms with van der Waals surface area (Å²) in [5, 5.41) is 25.7. The van der Waals surface area contributed by atoms with E-state index in [1.807, 2.05) is 175 Å². The number of nitrogens with zero attached hydrogens (tertiary/aromatic N) is 11. The summed E-state index contributed by atoms with van der Waals surface area (Å²) in [6.45, 7) is 0. The summed E-state index contributed by atoms with van der Waals surface area (Å²) in [6.07, 6.45) is 0. The molecule has 9 heterocycles. The molecule has 0 unspecified atom stereocenters. The van der Waals surface area contributed by atoms with Crippen LogP contribution in [0.15, 0.2) is 403 Å². The second kappa shape index (κ2) is 29.3. The van der Waals surface area contributed by atoms with E-state index in [2.05, 4.69) is 250 Å². The fraction of sp³-hybridized carbons (Fsp3) is 0. The van der Waals surface area contributed by atoms with Gasteiger partial charge in [0.2, 0.25) is 11.9 Å². The van der Waals surface area contributed by atoms with Gasteiger partial charge in [0.25, 0.3) is 0 Å². The number of nitriles is 1. The molecule has 26 aromatic rings. The highest BCUT2D eigenvalue weighted by Crippen LogP contribution is 2.45. The van der Waals surface area contributed by atoms with Gasteiger partial charge in [-0.3, -0.25) is 9.13 Å². The minimum Gasteiger partial charge on any atom is -0.456 e. The van der Waals surface area contributed by atoms with Gasteiger partial charge in [-0.2, -0.15) is 5.26 Å². The summed E-state index contributed by atoms with van der Waals surface area (Å²) in [5.74, 6) is 3.16. The van der Waals surface area contributed by atoms with E-state index < -0.39 is 0 Å². The van der Waals surface area contributed by atoms with Crippen LogP contribution in [-0.2, 0) is 0 Å². The Balaban J connectivity index is 0.000000107. The van der Waals surface area contributed by atoms with Crippen molar-refractivity contribution in [2.45, 2.75) is 0 Å².